The fourth-order valence-electron chi connectivity index (χ4n) is 7.86. The molecule has 1 atom stereocenters. The molecular weight excluding hydrogens is 798 g/mol. The summed E-state index contributed by atoms with van der Waals surface area (Å²) in [5, 5.41) is 20.8. The van der Waals surface area contributed by atoms with Gasteiger partial charge in [0, 0.05) is 67.0 Å². The van der Waals surface area contributed by atoms with E-state index in [0.717, 1.165) is 37.8 Å². The molecule has 4 aromatic carbocycles. The molecule has 4 aromatic heterocycles. The third-order valence-corrected chi connectivity index (χ3v) is 11.8. The van der Waals surface area contributed by atoms with Crippen molar-refractivity contribution in [1.29, 1.82) is 0 Å². The quantitative estimate of drug-likeness (QED) is 0.0628. The minimum absolute atomic E-state index is 0.0114. The van der Waals surface area contributed by atoms with Gasteiger partial charge in [-0.2, -0.15) is 0 Å². The number of nitrogens with zero attached hydrogens (tertiary/aromatic N) is 5. The lowest BCUT2D eigenvalue weighted by Gasteiger charge is -2.36. The zero-order valence-electron chi connectivity index (χ0n) is 32.6. The van der Waals surface area contributed by atoms with Crippen molar-refractivity contribution in [3.8, 4) is 17.2 Å². The molecule has 0 radical (unpaired) electrons. The summed E-state index contributed by atoms with van der Waals surface area (Å²) in [4.78, 5) is 53.5. The minimum Gasteiger partial charge on any atom is -0.508 e. The van der Waals surface area contributed by atoms with E-state index >= 15 is 0 Å². The van der Waals surface area contributed by atoms with Gasteiger partial charge in [-0.25, -0.2) is 29.1 Å². The molecule has 0 saturated carbocycles. The van der Waals surface area contributed by atoms with E-state index in [0.29, 0.717) is 82.3 Å². The van der Waals surface area contributed by atoms with Gasteiger partial charge in [0.25, 0.3) is 5.91 Å². The number of carbonyl (C=O) groups excluding carboxylic acids is 2. The van der Waals surface area contributed by atoms with Crippen LogP contribution >= 0.6 is 11.3 Å². The number of ether oxygens (including phenoxy) is 2. The van der Waals surface area contributed by atoms with Crippen LogP contribution in [0.1, 0.15) is 65.1 Å². The Hall–Kier alpha value is -7.30. The Kier molecular flexibility index (Phi) is 9.57. The molecule has 8 aromatic rings. The molecule has 10 rings (SSSR count). The highest BCUT2D eigenvalue weighted by molar-refractivity contribution is 7.18. The molecule has 16 heteroatoms. The van der Waals surface area contributed by atoms with Gasteiger partial charge in [0.1, 0.15) is 45.6 Å². The number of aromatic amines is 1. The number of esters is 1. The number of benzene rings is 4. The third-order valence-electron chi connectivity index (χ3n) is 10.8. The number of anilines is 1. The summed E-state index contributed by atoms with van der Waals surface area (Å²) >= 11 is 1.50. The number of hydrogen-bond donors (Lipinski definition) is 5. The van der Waals surface area contributed by atoms with Gasteiger partial charge in [0.2, 0.25) is 0 Å². The first-order chi connectivity index (χ1) is 29.7. The molecule has 1 amide bonds. The van der Waals surface area contributed by atoms with Crippen LogP contribution in [0, 0.1) is 12.7 Å². The van der Waals surface area contributed by atoms with Crippen molar-refractivity contribution >= 4 is 50.4 Å². The topological polar surface area (TPSA) is 189 Å². The number of imidazole rings is 1. The van der Waals surface area contributed by atoms with Crippen LogP contribution in [-0.4, -0.2) is 60.0 Å². The highest BCUT2D eigenvalue weighted by atomic mass is 32.1. The van der Waals surface area contributed by atoms with E-state index in [9.17, 15) is 19.1 Å². The van der Waals surface area contributed by atoms with Crippen LogP contribution in [0.25, 0.3) is 21.4 Å². The van der Waals surface area contributed by atoms with Gasteiger partial charge in [0.15, 0.2) is 11.4 Å². The summed E-state index contributed by atoms with van der Waals surface area (Å²) in [6.07, 6.45) is 4.40. The number of nitrogens with one attached hydrogen (secondary N) is 4. The fraction of sp³-hybridized carbons (Fsp3) is 0.178. The summed E-state index contributed by atoms with van der Waals surface area (Å²) in [6.45, 7) is 3.78. The van der Waals surface area contributed by atoms with Crippen LogP contribution in [0.5, 0.6) is 17.2 Å². The van der Waals surface area contributed by atoms with Crippen molar-refractivity contribution in [2.24, 2.45) is 0 Å². The molecule has 2 aliphatic rings. The molecule has 1 spiro atoms. The second-order valence-electron chi connectivity index (χ2n) is 14.8. The van der Waals surface area contributed by atoms with Gasteiger partial charge >= 0.3 is 5.97 Å². The first kappa shape index (κ1) is 37.9. The number of halogens is 1. The largest absolute Gasteiger partial charge is 0.508 e. The summed E-state index contributed by atoms with van der Waals surface area (Å²) in [6, 6.07) is 24.1. The van der Waals surface area contributed by atoms with E-state index in [-0.39, 0.29) is 30.6 Å². The lowest BCUT2D eigenvalue weighted by molar-refractivity contribution is 0.0224. The van der Waals surface area contributed by atoms with Crippen LogP contribution in [0.2, 0.25) is 0 Å². The van der Waals surface area contributed by atoms with Gasteiger partial charge in [0.05, 0.1) is 33.8 Å². The molecule has 2 aliphatic heterocycles. The Morgan fingerprint density at radius 2 is 1.75 bits per heavy atom. The molecule has 304 valence electrons. The maximum Gasteiger partial charge on any atom is 0.340 e. The summed E-state index contributed by atoms with van der Waals surface area (Å²) in [5.74, 6) is 1.04. The number of aryl methyl sites for hydroxylation is 1. The second kappa shape index (κ2) is 15.4. The average Bonchev–Trinajstić information content (AvgIpc) is 3.95. The zero-order valence-corrected chi connectivity index (χ0v) is 33.4. The molecular formula is C45H36FN9O5S. The predicted molar refractivity (Wildman–Crippen MR) is 225 cm³/mol. The number of phenolic OH excluding ortho intramolecular Hbond substituents is 1. The predicted octanol–water partition coefficient (Wildman–Crippen LogP) is 7.00. The smallest absolute Gasteiger partial charge is 0.340 e. The van der Waals surface area contributed by atoms with Crippen LogP contribution < -0.4 is 20.7 Å². The Morgan fingerprint density at radius 1 is 0.902 bits per heavy atom. The van der Waals surface area contributed by atoms with Gasteiger partial charge in [-0.05, 0) is 78.7 Å². The van der Waals surface area contributed by atoms with Crippen LogP contribution in [0.15, 0.2) is 97.5 Å². The Bertz CT molecular complexity index is 2990. The van der Waals surface area contributed by atoms with Gasteiger partial charge in [-0.15, -0.1) is 0 Å². The molecule has 0 aliphatic carbocycles. The molecule has 14 nitrogen and oxygen atoms in total. The number of carbonyl (C=O) groups is 2. The second-order valence-corrected chi connectivity index (χ2v) is 15.9. The minimum atomic E-state index is -1.37. The molecule has 61 heavy (non-hydrogen) atoms. The van der Waals surface area contributed by atoms with Crippen molar-refractivity contribution in [3.63, 3.8) is 0 Å². The van der Waals surface area contributed by atoms with E-state index in [1.165, 1.54) is 35.9 Å². The van der Waals surface area contributed by atoms with E-state index < -0.39 is 11.6 Å². The number of phenols is 1. The highest BCUT2D eigenvalue weighted by Gasteiger charge is 2.53. The molecule has 0 fully saturated rings. The van der Waals surface area contributed by atoms with Gasteiger partial charge in [-0.3, -0.25) is 9.78 Å². The number of pyridine rings is 1. The maximum absolute atomic E-state index is 14.1. The standard InChI is InChI=1S/C45H36FN9O5S/c1-24-4-9-29-36(17-24)59-37-20-27(56)7-10-30(37)45(29)31-19-26(6-8-28(31)44(58)60-45)42(57)50-21-25-5-11-33-34(18-25)54-38(53-33)12-15-47-16-13-39-55-40-41(51-23-52-43(40)61-39)49-22-35-32(46)3-2-14-48-35/h2-11,14,17-20,23,47,56H,12-13,15-16,21-22H2,1H3,(H,50,57)(H,53,54)(H,49,51,52). The third kappa shape index (κ3) is 7.04. The molecule has 5 N–H and O–H groups in total. The number of amides is 1. The molecule has 1 unspecified atom stereocenters. The molecule has 6 heterocycles. The van der Waals surface area contributed by atoms with Crippen molar-refractivity contribution in [3.05, 3.63) is 159 Å². The van der Waals surface area contributed by atoms with E-state index in [4.69, 9.17) is 19.4 Å². The van der Waals surface area contributed by atoms with Crippen molar-refractivity contribution in [1.82, 2.24) is 40.5 Å². The first-order valence-corrected chi connectivity index (χ1v) is 20.4. The number of aromatic hydroxyl groups is 1. The SMILES string of the molecule is Cc1ccc2c(c1)Oc1cc(O)ccc1C21OC(=O)c2ccc(C(=O)NCc3ccc4nc(CCNCCc5nc6c(NCc7ncccc7F)ncnc6s5)[nH]c4c3)cc21. The number of hydrogen-bond acceptors (Lipinski definition) is 13. The van der Waals surface area contributed by atoms with Gasteiger partial charge in [-0.1, -0.05) is 29.5 Å². The highest BCUT2D eigenvalue weighted by Crippen LogP contribution is 2.56. The summed E-state index contributed by atoms with van der Waals surface area (Å²) < 4.78 is 26.5. The van der Waals surface area contributed by atoms with Crippen molar-refractivity contribution in [2.75, 3.05) is 18.4 Å². The molecule has 0 saturated heterocycles. The number of rotatable bonds is 12. The number of H-pyrrole nitrogens is 1. The van der Waals surface area contributed by atoms with Gasteiger partial charge < -0.3 is 35.5 Å². The summed E-state index contributed by atoms with van der Waals surface area (Å²) in [5.41, 5.74) is 5.52. The maximum atomic E-state index is 14.1. The monoisotopic (exact) mass is 833 g/mol. The van der Waals surface area contributed by atoms with E-state index in [1.807, 2.05) is 43.3 Å². The Morgan fingerprint density at radius 3 is 2.64 bits per heavy atom. The summed E-state index contributed by atoms with van der Waals surface area (Å²) in [7, 11) is 0. The lowest BCUT2D eigenvalue weighted by Crippen LogP contribution is -2.33. The number of aromatic nitrogens is 6. The number of thiazole rings is 1. The number of fused-ring (bicyclic) bond motifs is 8. The zero-order chi connectivity index (χ0) is 41.7. The normalized spacial score (nSPS) is 15.0. The molecule has 0 bridgehead atoms. The van der Waals surface area contributed by atoms with Crippen LogP contribution in [0.4, 0.5) is 10.2 Å². The first-order valence-electron chi connectivity index (χ1n) is 19.6. The van der Waals surface area contributed by atoms with Crippen LogP contribution in [0.3, 0.4) is 0 Å². The van der Waals surface area contributed by atoms with Crippen molar-refractivity contribution in [2.45, 2.75) is 38.5 Å². The van der Waals surface area contributed by atoms with E-state index in [2.05, 4.69) is 35.9 Å². The van der Waals surface area contributed by atoms with Crippen LogP contribution in [-0.2, 0) is 36.3 Å². The fourth-order valence-corrected chi connectivity index (χ4v) is 8.76. The average molecular weight is 834 g/mol. The Labute approximate surface area is 351 Å². The lowest BCUT2D eigenvalue weighted by atomic mass is 9.77. The van der Waals surface area contributed by atoms with Crippen molar-refractivity contribution < 1.29 is 28.6 Å². The Balaban J connectivity index is 0.767. The van der Waals surface area contributed by atoms with E-state index in [1.54, 1.807) is 36.5 Å².